The van der Waals surface area contributed by atoms with Gasteiger partial charge in [-0.15, -0.1) is 0 Å². The van der Waals surface area contributed by atoms with E-state index in [1.807, 2.05) is 60.7 Å². The van der Waals surface area contributed by atoms with E-state index in [-0.39, 0.29) is 44.2 Å². The van der Waals surface area contributed by atoms with Crippen LogP contribution in [0.25, 0.3) is 10.8 Å². The number of para-hydroxylation sites is 2. The van der Waals surface area contributed by atoms with Gasteiger partial charge in [-0.2, -0.15) is 10.0 Å². The van der Waals surface area contributed by atoms with Crippen LogP contribution in [-0.4, -0.2) is 69.6 Å². The van der Waals surface area contributed by atoms with Gasteiger partial charge in [-0.25, -0.2) is 0 Å². The Morgan fingerprint density at radius 3 is 1.02 bits per heavy atom. The van der Waals surface area contributed by atoms with Crippen LogP contribution < -0.4 is 20.3 Å². The van der Waals surface area contributed by atoms with Gasteiger partial charge in [-0.3, -0.25) is 49.6 Å². The van der Waals surface area contributed by atoms with Crippen molar-refractivity contribution in [1.82, 2.24) is 30.8 Å². The van der Waals surface area contributed by atoms with Crippen LogP contribution in [0.1, 0.15) is 62.1 Å². The second kappa shape index (κ2) is 16.1. The lowest BCUT2D eigenvalue weighted by Crippen LogP contribution is -2.53. The second-order valence-electron chi connectivity index (χ2n) is 11.4. The zero-order chi connectivity index (χ0) is 38.2. The Hall–Kier alpha value is -7.74. The Morgan fingerprint density at radius 1 is 0.463 bits per heavy atom. The number of methoxy groups -OCH3 is 2. The number of hydrazine groups is 2. The lowest BCUT2D eigenvalue weighted by atomic mass is 9.86. The second-order valence-corrected chi connectivity index (χ2v) is 11.4. The molecule has 0 radical (unpaired) electrons. The third-order valence-corrected chi connectivity index (χ3v) is 8.16. The molecule has 0 aliphatic carbocycles. The number of aromatic nitrogens is 2. The highest BCUT2D eigenvalue weighted by molar-refractivity contribution is 6.33. The Labute approximate surface area is 307 Å². The number of rotatable bonds is 6. The molecule has 0 saturated heterocycles. The molecule has 0 spiro atoms. The largest absolute Gasteiger partial charge is 0.497 e. The fourth-order valence-electron chi connectivity index (χ4n) is 5.53. The molecule has 0 fully saturated rings. The van der Waals surface area contributed by atoms with E-state index in [9.17, 15) is 28.8 Å². The Balaban J connectivity index is 0.000000256. The summed E-state index contributed by atoms with van der Waals surface area (Å²) in [4.78, 5) is 86.0. The monoisotopic (exact) mass is 722 g/mol. The number of nitrogens with zero attached hydrogens (tertiary/aromatic N) is 4. The zero-order valence-corrected chi connectivity index (χ0v) is 28.8. The molecule has 0 saturated carbocycles. The predicted molar refractivity (Wildman–Crippen MR) is 194 cm³/mol. The summed E-state index contributed by atoms with van der Waals surface area (Å²) in [6.45, 7) is 0. The van der Waals surface area contributed by atoms with Crippen LogP contribution in [0.15, 0.2) is 134 Å². The van der Waals surface area contributed by atoms with Gasteiger partial charge in [-0.05, 0) is 72.8 Å². The van der Waals surface area contributed by atoms with E-state index >= 15 is 0 Å². The summed E-state index contributed by atoms with van der Waals surface area (Å²) < 4.78 is 9.83. The molecule has 2 aliphatic rings. The van der Waals surface area contributed by atoms with Crippen LogP contribution in [-0.2, 0) is 0 Å². The number of amides is 6. The molecule has 0 bridgehead atoms. The first-order chi connectivity index (χ1) is 26.2. The van der Waals surface area contributed by atoms with E-state index in [1.54, 1.807) is 14.2 Å². The number of imide groups is 2. The first kappa shape index (κ1) is 36.1. The number of carbonyl (C=O) groups is 6. The molecule has 4 heterocycles. The summed E-state index contributed by atoms with van der Waals surface area (Å²) in [5.74, 6) is -2.91. The van der Waals surface area contributed by atoms with Gasteiger partial charge in [0.2, 0.25) is 0 Å². The minimum absolute atomic E-state index is 0.0186. The smallest absolute Gasteiger partial charge is 0.280 e. The number of hydrogen-bond acceptors (Lipinski definition) is 10. The fraction of sp³-hybridized carbons (Fsp3) is 0.0500. The van der Waals surface area contributed by atoms with Gasteiger partial charge in [0.15, 0.2) is 0 Å². The third-order valence-electron chi connectivity index (χ3n) is 8.16. The molecule has 268 valence electrons. The van der Waals surface area contributed by atoms with Crippen molar-refractivity contribution in [2.75, 3.05) is 14.2 Å². The van der Waals surface area contributed by atoms with Gasteiger partial charge in [0, 0.05) is 46.7 Å². The van der Waals surface area contributed by atoms with Crippen molar-refractivity contribution >= 4 is 46.2 Å². The van der Waals surface area contributed by atoms with Gasteiger partial charge in [0.1, 0.15) is 11.5 Å². The lowest BCUT2D eigenvalue weighted by molar-refractivity contribution is 0.0468. The van der Waals surface area contributed by atoms with Gasteiger partial charge in [0.25, 0.3) is 35.4 Å². The van der Waals surface area contributed by atoms with Crippen LogP contribution in [0, 0.1) is 0 Å². The van der Waals surface area contributed by atoms with E-state index in [2.05, 4.69) is 20.8 Å². The number of pyridine rings is 2. The zero-order valence-electron chi connectivity index (χ0n) is 28.8. The number of nitrogens with one attached hydrogen (secondary N) is 2. The van der Waals surface area contributed by atoms with Crippen molar-refractivity contribution in [3.8, 4) is 11.5 Å². The summed E-state index contributed by atoms with van der Waals surface area (Å²) in [6, 6.07) is 30.4. The quantitative estimate of drug-likeness (QED) is 0.225. The van der Waals surface area contributed by atoms with Crippen molar-refractivity contribution in [1.29, 1.82) is 0 Å². The van der Waals surface area contributed by atoms with Crippen LogP contribution in [0.2, 0.25) is 0 Å². The van der Waals surface area contributed by atoms with Crippen LogP contribution in [0.5, 0.6) is 11.5 Å². The first-order valence-electron chi connectivity index (χ1n) is 16.2. The van der Waals surface area contributed by atoms with E-state index in [0.29, 0.717) is 10.0 Å². The predicted octanol–water partition coefficient (Wildman–Crippen LogP) is 4.90. The maximum absolute atomic E-state index is 13.3. The normalized spacial score (nSPS) is 12.5. The minimum Gasteiger partial charge on any atom is -0.497 e. The van der Waals surface area contributed by atoms with E-state index < -0.39 is 35.4 Å². The SMILES string of the molecule is COc1ccccc1.COc1ccccc1.O=C(NN1C(=O)c2ccc3c4c(ccc(c24)C1=O)C(=O)N(NC(=O)c1ccncc1)C3=O)c1ccncc1. The molecule has 2 aliphatic heterocycles. The average molecular weight is 723 g/mol. The van der Waals surface area contributed by atoms with Crippen molar-refractivity contribution in [3.05, 3.63) is 167 Å². The van der Waals surface area contributed by atoms with E-state index in [1.165, 1.54) is 73.3 Å². The van der Waals surface area contributed by atoms with Crippen molar-refractivity contribution in [2.24, 2.45) is 0 Å². The highest BCUT2D eigenvalue weighted by Gasteiger charge is 2.41. The molecule has 2 N–H and O–H groups in total. The standard InChI is InChI=1S/C26H14N6O6.2C7H8O/c33-21(13-5-9-27-10-6-13)29-31-23(35)15-1-2-16-20-18(4-3-17(19(15)20)25(31)37)26(38)32(24(16)36)30-22(34)14-7-11-28-12-8-14;2*1-8-7-5-3-2-4-6-7/h1-12H,(H,29,33)(H,30,34);2*2-6H,1H3. The molecule has 0 atom stereocenters. The van der Waals surface area contributed by atoms with Crippen molar-refractivity contribution in [2.45, 2.75) is 0 Å². The Bertz CT molecular complexity index is 2140. The van der Waals surface area contributed by atoms with E-state index in [0.717, 1.165) is 11.5 Å². The average Bonchev–Trinajstić information content (AvgIpc) is 3.23. The molecular weight excluding hydrogens is 692 g/mol. The van der Waals surface area contributed by atoms with Gasteiger partial charge in [-0.1, -0.05) is 36.4 Å². The molecule has 6 amide bonds. The molecule has 8 rings (SSSR count). The third kappa shape index (κ3) is 7.34. The highest BCUT2D eigenvalue weighted by Crippen LogP contribution is 2.37. The molecule has 0 unspecified atom stereocenters. The van der Waals surface area contributed by atoms with E-state index in [4.69, 9.17) is 9.47 Å². The number of benzene rings is 4. The summed E-state index contributed by atoms with van der Waals surface area (Å²) in [6.07, 6.45) is 5.57. The summed E-state index contributed by atoms with van der Waals surface area (Å²) in [5.41, 5.74) is 5.06. The maximum Gasteiger partial charge on any atom is 0.280 e. The molecule has 4 aromatic carbocycles. The van der Waals surface area contributed by atoms with Crippen molar-refractivity contribution in [3.63, 3.8) is 0 Å². The molecule has 2 aromatic heterocycles. The van der Waals surface area contributed by atoms with Crippen LogP contribution >= 0.6 is 0 Å². The molecular formula is C40H30N6O8. The molecule has 14 heteroatoms. The summed E-state index contributed by atoms with van der Waals surface area (Å²) >= 11 is 0. The van der Waals surface area contributed by atoms with Gasteiger partial charge >= 0.3 is 0 Å². The van der Waals surface area contributed by atoms with Gasteiger partial charge in [0.05, 0.1) is 36.5 Å². The summed E-state index contributed by atoms with van der Waals surface area (Å²) in [7, 11) is 3.32. The maximum atomic E-state index is 13.3. The fourth-order valence-corrected chi connectivity index (χ4v) is 5.53. The molecule has 6 aromatic rings. The van der Waals surface area contributed by atoms with Crippen molar-refractivity contribution < 1.29 is 38.2 Å². The Morgan fingerprint density at radius 2 is 0.759 bits per heavy atom. The Kier molecular flexibility index (Phi) is 10.7. The topological polar surface area (TPSA) is 177 Å². The van der Waals surface area contributed by atoms with Gasteiger partial charge < -0.3 is 9.47 Å². The summed E-state index contributed by atoms with van der Waals surface area (Å²) in [5, 5.41) is 1.42. The highest BCUT2D eigenvalue weighted by atomic mass is 16.5. The van der Waals surface area contributed by atoms with Crippen LogP contribution in [0.4, 0.5) is 0 Å². The first-order valence-corrected chi connectivity index (χ1v) is 16.2. The number of carbonyl (C=O) groups excluding carboxylic acids is 6. The lowest BCUT2D eigenvalue weighted by Gasteiger charge is -2.31. The molecule has 14 nitrogen and oxygen atoms in total. The number of hydrogen-bond donors (Lipinski definition) is 2. The molecule has 54 heavy (non-hydrogen) atoms. The number of ether oxygens (including phenoxy) is 2. The minimum atomic E-state index is -0.832. The van der Waals surface area contributed by atoms with Crippen LogP contribution in [0.3, 0.4) is 0 Å².